The van der Waals surface area contributed by atoms with Crippen molar-refractivity contribution >= 4 is 50.7 Å². The number of carbonyl (C=O) groups excluding carboxylic acids is 2. The van der Waals surface area contributed by atoms with E-state index in [1.54, 1.807) is 49.4 Å². The first-order valence-electron chi connectivity index (χ1n) is 13.2. The maximum absolute atomic E-state index is 14.1. The number of anilines is 1. The summed E-state index contributed by atoms with van der Waals surface area (Å²) in [5.74, 6) is -0.933. The molecule has 3 rings (SSSR count). The van der Waals surface area contributed by atoms with Crippen LogP contribution < -0.4 is 9.62 Å². The maximum Gasteiger partial charge on any atom is 0.264 e. The molecule has 2 amide bonds. The number of carbonyl (C=O) groups is 2. The predicted octanol–water partition coefficient (Wildman–Crippen LogP) is 6.00. The topological polar surface area (TPSA) is 86.8 Å². The van der Waals surface area contributed by atoms with Crippen molar-refractivity contribution in [2.45, 2.75) is 58.0 Å². The largest absolute Gasteiger partial charge is 0.354 e. The smallest absolute Gasteiger partial charge is 0.264 e. The van der Waals surface area contributed by atoms with E-state index in [4.69, 9.17) is 23.2 Å². The third-order valence-electron chi connectivity index (χ3n) is 6.64. The highest BCUT2D eigenvalue weighted by atomic mass is 35.5. The molecule has 214 valence electrons. The molecule has 0 aliphatic heterocycles. The van der Waals surface area contributed by atoms with Gasteiger partial charge < -0.3 is 10.2 Å². The van der Waals surface area contributed by atoms with E-state index in [1.807, 2.05) is 32.9 Å². The monoisotopic (exact) mass is 603 g/mol. The summed E-state index contributed by atoms with van der Waals surface area (Å²) < 4.78 is 29.2. The van der Waals surface area contributed by atoms with Gasteiger partial charge in [-0.15, -0.1) is 0 Å². The first kappa shape index (κ1) is 31.5. The van der Waals surface area contributed by atoms with Crippen LogP contribution in [0.2, 0.25) is 10.0 Å². The van der Waals surface area contributed by atoms with Crippen molar-refractivity contribution < 1.29 is 18.0 Å². The number of benzene rings is 3. The Bertz CT molecular complexity index is 1430. The molecule has 0 aliphatic rings. The fourth-order valence-corrected chi connectivity index (χ4v) is 6.21. The van der Waals surface area contributed by atoms with Crippen molar-refractivity contribution in [3.05, 3.63) is 93.5 Å². The van der Waals surface area contributed by atoms with Crippen molar-refractivity contribution in [2.24, 2.45) is 0 Å². The Kier molecular flexibility index (Phi) is 11.0. The van der Waals surface area contributed by atoms with E-state index in [1.165, 1.54) is 17.0 Å². The van der Waals surface area contributed by atoms with Gasteiger partial charge in [0.05, 0.1) is 10.6 Å². The van der Waals surface area contributed by atoms with E-state index in [0.717, 1.165) is 21.9 Å². The second-order valence-corrected chi connectivity index (χ2v) is 12.2. The van der Waals surface area contributed by atoms with Gasteiger partial charge >= 0.3 is 0 Å². The molecule has 0 spiro atoms. The number of sulfonamides is 1. The zero-order chi connectivity index (χ0) is 29.4. The minimum atomic E-state index is -4.15. The molecular weight excluding hydrogens is 569 g/mol. The Morgan fingerprint density at radius 2 is 1.55 bits per heavy atom. The van der Waals surface area contributed by atoms with Gasteiger partial charge in [-0.2, -0.15) is 0 Å². The van der Waals surface area contributed by atoms with Gasteiger partial charge in [-0.3, -0.25) is 13.9 Å². The van der Waals surface area contributed by atoms with Crippen molar-refractivity contribution in [1.29, 1.82) is 0 Å². The molecule has 1 atom stereocenters. The molecule has 0 aliphatic carbocycles. The van der Waals surface area contributed by atoms with Crippen LogP contribution in [0.4, 0.5) is 5.69 Å². The first-order valence-corrected chi connectivity index (χ1v) is 15.4. The molecule has 0 saturated heterocycles. The summed E-state index contributed by atoms with van der Waals surface area (Å²) in [7, 11) is -4.15. The number of aryl methyl sites for hydroxylation is 2. The number of nitrogens with one attached hydrogen (secondary N) is 1. The summed E-state index contributed by atoms with van der Waals surface area (Å²) in [6.45, 7) is 7.15. The lowest BCUT2D eigenvalue weighted by Gasteiger charge is -2.33. The van der Waals surface area contributed by atoms with Crippen LogP contribution in [0.25, 0.3) is 0 Å². The van der Waals surface area contributed by atoms with Crippen LogP contribution >= 0.6 is 23.2 Å². The lowest BCUT2D eigenvalue weighted by molar-refractivity contribution is -0.139. The molecule has 7 nitrogen and oxygen atoms in total. The Morgan fingerprint density at radius 1 is 0.925 bits per heavy atom. The predicted molar refractivity (Wildman–Crippen MR) is 161 cm³/mol. The molecular formula is C30H35Cl2N3O4S. The van der Waals surface area contributed by atoms with Gasteiger partial charge in [0.2, 0.25) is 11.8 Å². The van der Waals surface area contributed by atoms with Crippen molar-refractivity contribution in [1.82, 2.24) is 10.2 Å². The minimum absolute atomic E-state index is 0.0613. The van der Waals surface area contributed by atoms with E-state index in [2.05, 4.69) is 5.32 Å². The molecule has 0 aromatic heterocycles. The fourth-order valence-electron chi connectivity index (χ4n) is 4.24. The van der Waals surface area contributed by atoms with Gasteiger partial charge in [0, 0.05) is 28.7 Å². The third kappa shape index (κ3) is 7.36. The minimum Gasteiger partial charge on any atom is -0.354 e. The van der Waals surface area contributed by atoms with Crippen LogP contribution in [0.5, 0.6) is 0 Å². The highest BCUT2D eigenvalue weighted by molar-refractivity contribution is 7.92. The highest BCUT2D eigenvalue weighted by Crippen LogP contribution is 2.30. The molecule has 40 heavy (non-hydrogen) atoms. The Labute approximate surface area is 247 Å². The number of hydrogen-bond acceptors (Lipinski definition) is 4. The SMILES string of the molecule is CCCNC(=O)C(C)N(Cc1c(Cl)cccc1Cl)C(=O)CN(c1ccccc1CC)S(=O)(=O)c1ccc(C)cc1. The highest BCUT2D eigenvalue weighted by Gasteiger charge is 2.33. The van der Waals surface area contributed by atoms with Gasteiger partial charge in [-0.05, 0) is 62.6 Å². The molecule has 1 N–H and O–H groups in total. The van der Waals surface area contributed by atoms with E-state index < -0.39 is 28.5 Å². The van der Waals surface area contributed by atoms with Gasteiger partial charge in [0.1, 0.15) is 12.6 Å². The van der Waals surface area contributed by atoms with E-state index in [-0.39, 0.29) is 17.3 Å². The molecule has 10 heteroatoms. The van der Waals surface area contributed by atoms with Crippen LogP contribution in [0.1, 0.15) is 43.9 Å². The van der Waals surface area contributed by atoms with Crippen LogP contribution in [0, 0.1) is 6.92 Å². The zero-order valence-corrected chi connectivity index (χ0v) is 25.5. The number of para-hydroxylation sites is 1. The quantitative estimate of drug-likeness (QED) is 0.275. The van der Waals surface area contributed by atoms with Crippen molar-refractivity contribution in [3.63, 3.8) is 0 Å². The van der Waals surface area contributed by atoms with E-state index >= 15 is 0 Å². The average molecular weight is 605 g/mol. The third-order valence-corrected chi connectivity index (χ3v) is 9.12. The van der Waals surface area contributed by atoms with Crippen molar-refractivity contribution in [2.75, 3.05) is 17.4 Å². The maximum atomic E-state index is 14.1. The molecule has 0 radical (unpaired) electrons. The van der Waals surface area contributed by atoms with Crippen LogP contribution in [0.15, 0.2) is 71.6 Å². The molecule has 3 aromatic rings. The molecule has 3 aromatic carbocycles. The number of nitrogens with zero attached hydrogens (tertiary/aromatic N) is 2. The first-order chi connectivity index (χ1) is 19.0. The molecule has 0 fully saturated rings. The Balaban J connectivity index is 2.09. The second-order valence-electron chi connectivity index (χ2n) is 9.50. The van der Waals surface area contributed by atoms with Crippen molar-refractivity contribution in [3.8, 4) is 0 Å². The Hall–Kier alpha value is -3.07. The van der Waals surface area contributed by atoms with Crippen LogP contribution in [-0.4, -0.2) is 44.3 Å². The summed E-state index contributed by atoms with van der Waals surface area (Å²) in [5, 5.41) is 3.50. The summed E-state index contributed by atoms with van der Waals surface area (Å²) in [4.78, 5) is 28.5. The van der Waals surface area contributed by atoms with Gasteiger partial charge in [-0.1, -0.05) is 79.0 Å². The van der Waals surface area contributed by atoms with Crippen LogP contribution in [0.3, 0.4) is 0 Å². The number of rotatable bonds is 12. The summed E-state index contributed by atoms with van der Waals surface area (Å²) >= 11 is 12.8. The fraction of sp³-hybridized carbons (Fsp3) is 0.333. The van der Waals surface area contributed by atoms with Crippen LogP contribution in [-0.2, 0) is 32.6 Å². The number of hydrogen-bond donors (Lipinski definition) is 1. The molecule has 1 unspecified atom stereocenters. The summed E-state index contributed by atoms with van der Waals surface area (Å²) in [6.07, 6.45) is 1.28. The zero-order valence-electron chi connectivity index (χ0n) is 23.2. The second kappa shape index (κ2) is 14.0. The number of halogens is 2. The summed E-state index contributed by atoms with van der Waals surface area (Å²) in [5.41, 5.74) is 2.54. The van der Waals surface area contributed by atoms with E-state index in [9.17, 15) is 18.0 Å². The lowest BCUT2D eigenvalue weighted by atomic mass is 10.1. The average Bonchev–Trinajstić information content (AvgIpc) is 2.94. The van der Waals surface area contributed by atoms with Gasteiger partial charge in [0.25, 0.3) is 10.0 Å². The molecule has 0 bridgehead atoms. The standard InChI is InChI=1S/C30H35Cl2N3O4S/c1-5-18-33-30(37)22(4)34(19-25-26(31)11-9-12-27(25)32)29(36)20-35(28-13-8-7-10-23(28)6-2)40(38,39)24-16-14-21(3)15-17-24/h7-17,22H,5-6,18-20H2,1-4H3,(H,33,37). The van der Waals surface area contributed by atoms with Gasteiger partial charge in [-0.25, -0.2) is 8.42 Å². The molecule has 0 heterocycles. The lowest BCUT2D eigenvalue weighted by Crippen LogP contribution is -2.51. The van der Waals surface area contributed by atoms with Gasteiger partial charge in [0.15, 0.2) is 0 Å². The van der Waals surface area contributed by atoms with E-state index in [0.29, 0.717) is 34.3 Å². The number of amides is 2. The summed E-state index contributed by atoms with van der Waals surface area (Å²) in [6, 6.07) is 17.6. The Morgan fingerprint density at radius 3 is 2.15 bits per heavy atom. The normalized spacial score (nSPS) is 12.1. The molecule has 0 saturated carbocycles.